The summed E-state index contributed by atoms with van der Waals surface area (Å²) in [6, 6.07) is 0. The average molecular weight is 182 g/mol. The van der Waals surface area contributed by atoms with Crippen LogP contribution in [0, 0.1) is 11.3 Å². The van der Waals surface area contributed by atoms with Gasteiger partial charge in [0.2, 0.25) is 0 Å². The quantitative estimate of drug-likeness (QED) is 0.537. The molecule has 1 aliphatic rings. The van der Waals surface area contributed by atoms with E-state index in [9.17, 15) is 5.11 Å². The highest BCUT2D eigenvalue weighted by atomic mass is 16.3. The molecule has 2 atom stereocenters. The van der Waals surface area contributed by atoms with E-state index in [-0.39, 0.29) is 12.0 Å². The first kappa shape index (κ1) is 10.3. The third kappa shape index (κ3) is 2.84. The lowest BCUT2D eigenvalue weighted by Gasteiger charge is -2.21. The molecule has 0 aromatic heterocycles. The van der Waals surface area contributed by atoms with Crippen LogP contribution < -0.4 is 5.73 Å². The summed E-state index contributed by atoms with van der Waals surface area (Å²) in [6.07, 6.45) is 7.31. The minimum atomic E-state index is -0.179. The van der Waals surface area contributed by atoms with Gasteiger partial charge >= 0.3 is 0 Å². The molecule has 0 heterocycles. The topological polar surface area (TPSA) is 70.1 Å². The highest BCUT2D eigenvalue weighted by Crippen LogP contribution is 2.25. The smallest absolute Gasteiger partial charge is 0.0543 e. The fourth-order valence-electron chi connectivity index (χ4n) is 1.82. The number of hydrogen-bond donors (Lipinski definition) is 3. The maximum absolute atomic E-state index is 9.46. The average Bonchev–Trinajstić information content (AvgIpc) is 2.12. The van der Waals surface area contributed by atoms with Gasteiger partial charge in [-0.1, -0.05) is 0 Å². The van der Waals surface area contributed by atoms with Crippen LogP contribution in [0.3, 0.4) is 0 Å². The van der Waals surface area contributed by atoms with Crippen LogP contribution in [-0.2, 0) is 0 Å². The second-order valence-corrected chi connectivity index (χ2v) is 3.64. The van der Waals surface area contributed by atoms with Gasteiger partial charge in [0.1, 0.15) is 0 Å². The summed E-state index contributed by atoms with van der Waals surface area (Å²) < 4.78 is 0. The van der Waals surface area contributed by atoms with Gasteiger partial charge in [-0.25, -0.2) is 0 Å². The predicted molar refractivity (Wildman–Crippen MR) is 53.6 cm³/mol. The first-order valence-corrected chi connectivity index (χ1v) is 4.87. The fraction of sp³-hybridized carbons (Fsp3) is 0.700. The minimum Gasteiger partial charge on any atom is -0.405 e. The maximum atomic E-state index is 9.46. The van der Waals surface area contributed by atoms with E-state index >= 15 is 0 Å². The molecule has 3 nitrogen and oxygen atoms in total. The van der Waals surface area contributed by atoms with Crippen LogP contribution in [0.2, 0.25) is 0 Å². The Morgan fingerprint density at radius 2 is 2.15 bits per heavy atom. The third-order valence-corrected chi connectivity index (χ3v) is 2.71. The van der Waals surface area contributed by atoms with Crippen LogP contribution in [0.25, 0.3) is 0 Å². The Morgan fingerprint density at radius 3 is 2.77 bits per heavy atom. The first-order valence-electron chi connectivity index (χ1n) is 4.87. The lowest BCUT2D eigenvalue weighted by molar-refractivity contribution is 0.146. The summed E-state index contributed by atoms with van der Waals surface area (Å²) in [4.78, 5) is 0. The summed E-state index contributed by atoms with van der Waals surface area (Å²) in [5.41, 5.74) is 6.59. The molecule has 1 saturated carbocycles. The van der Waals surface area contributed by atoms with Gasteiger partial charge in [0.15, 0.2) is 0 Å². The van der Waals surface area contributed by atoms with Gasteiger partial charge in [0.05, 0.1) is 6.10 Å². The van der Waals surface area contributed by atoms with Crippen molar-refractivity contribution in [3.63, 3.8) is 0 Å². The molecule has 0 bridgehead atoms. The van der Waals surface area contributed by atoms with E-state index in [1.165, 1.54) is 6.21 Å². The Labute approximate surface area is 79.1 Å². The van der Waals surface area contributed by atoms with E-state index < -0.39 is 0 Å². The molecule has 1 rings (SSSR count). The summed E-state index contributed by atoms with van der Waals surface area (Å²) >= 11 is 0. The van der Waals surface area contributed by atoms with Crippen molar-refractivity contribution in [2.45, 2.75) is 38.2 Å². The van der Waals surface area contributed by atoms with Gasteiger partial charge in [-0.2, -0.15) is 0 Å². The normalized spacial score (nSPS) is 33.8. The van der Waals surface area contributed by atoms with E-state index in [4.69, 9.17) is 11.1 Å². The van der Waals surface area contributed by atoms with Crippen molar-refractivity contribution in [3.8, 4) is 0 Å². The van der Waals surface area contributed by atoms with Gasteiger partial charge in [-0.15, -0.1) is 0 Å². The predicted octanol–water partition coefficient (Wildman–Crippen LogP) is 1.42. The Bertz CT molecular complexity index is 201. The monoisotopic (exact) mass is 182 g/mol. The number of rotatable bonds is 1. The van der Waals surface area contributed by atoms with Crippen LogP contribution in [0.4, 0.5) is 0 Å². The standard InChI is InChI=1S/C10H18N2O/c11-6-8-2-1-3-10(13)5-4-9(8)7-12/h6-8,10-11,13H,1-5,12H2/b9-7-,11-6?. The highest BCUT2D eigenvalue weighted by Gasteiger charge is 2.17. The minimum absolute atomic E-state index is 0.179. The maximum Gasteiger partial charge on any atom is 0.0543 e. The van der Waals surface area contributed by atoms with Gasteiger partial charge in [0.25, 0.3) is 0 Å². The molecule has 0 saturated heterocycles. The second-order valence-electron chi connectivity index (χ2n) is 3.64. The van der Waals surface area contributed by atoms with Crippen LogP contribution in [-0.4, -0.2) is 17.4 Å². The first-order chi connectivity index (χ1) is 6.27. The molecule has 0 aromatic carbocycles. The molecule has 0 aromatic rings. The number of aliphatic hydroxyl groups excluding tert-OH is 1. The Morgan fingerprint density at radius 1 is 1.38 bits per heavy atom. The van der Waals surface area contributed by atoms with E-state index in [0.717, 1.165) is 37.7 Å². The molecule has 1 aliphatic carbocycles. The molecular weight excluding hydrogens is 164 g/mol. The molecular formula is C10H18N2O. The SMILES string of the molecule is N=CC1CCCC(O)CC/C1=C/N. The van der Waals surface area contributed by atoms with E-state index in [1.807, 2.05) is 0 Å². The zero-order chi connectivity index (χ0) is 9.68. The van der Waals surface area contributed by atoms with Crippen LogP contribution in [0.1, 0.15) is 32.1 Å². The van der Waals surface area contributed by atoms with Crippen LogP contribution in [0.5, 0.6) is 0 Å². The van der Waals surface area contributed by atoms with Crippen molar-refractivity contribution in [2.75, 3.05) is 0 Å². The highest BCUT2D eigenvalue weighted by molar-refractivity contribution is 5.61. The molecule has 2 unspecified atom stereocenters. The summed E-state index contributed by atoms with van der Waals surface area (Å²) in [7, 11) is 0. The van der Waals surface area contributed by atoms with Gasteiger partial charge in [-0.3, -0.25) is 0 Å². The lowest BCUT2D eigenvalue weighted by atomic mass is 9.87. The Kier molecular flexibility index (Phi) is 3.96. The van der Waals surface area contributed by atoms with Crippen molar-refractivity contribution in [1.29, 1.82) is 5.41 Å². The Balaban J connectivity index is 2.61. The number of aliphatic hydroxyl groups is 1. The van der Waals surface area contributed by atoms with Gasteiger partial charge < -0.3 is 16.2 Å². The van der Waals surface area contributed by atoms with E-state index in [2.05, 4.69) is 0 Å². The van der Waals surface area contributed by atoms with Crippen molar-refractivity contribution >= 4 is 6.21 Å². The van der Waals surface area contributed by atoms with Gasteiger partial charge in [0, 0.05) is 12.1 Å². The number of hydrogen-bond acceptors (Lipinski definition) is 3. The fourth-order valence-corrected chi connectivity index (χ4v) is 1.82. The molecule has 13 heavy (non-hydrogen) atoms. The van der Waals surface area contributed by atoms with Gasteiger partial charge in [-0.05, 0) is 43.9 Å². The molecule has 0 amide bonds. The molecule has 0 aliphatic heterocycles. The third-order valence-electron chi connectivity index (χ3n) is 2.71. The summed E-state index contributed by atoms with van der Waals surface area (Å²) in [5.74, 6) is 0.206. The van der Waals surface area contributed by atoms with Crippen molar-refractivity contribution < 1.29 is 5.11 Å². The van der Waals surface area contributed by atoms with Crippen molar-refractivity contribution in [2.24, 2.45) is 11.7 Å². The Hall–Kier alpha value is -0.830. The summed E-state index contributed by atoms with van der Waals surface area (Å²) in [6.45, 7) is 0. The zero-order valence-corrected chi connectivity index (χ0v) is 7.87. The summed E-state index contributed by atoms with van der Waals surface area (Å²) in [5, 5.41) is 16.7. The molecule has 74 valence electrons. The van der Waals surface area contributed by atoms with E-state index in [0.29, 0.717) is 0 Å². The number of allylic oxidation sites excluding steroid dienone is 1. The molecule has 0 radical (unpaired) electrons. The molecule has 4 N–H and O–H groups in total. The molecule has 0 spiro atoms. The molecule has 3 heteroatoms. The number of nitrogens with one attached hydrogen (secondary N) is 1. The van der Waals surface area contributed by atoms with E-state index in [1.54, 1.807) is 6.20 Å². The van der Waals surface area contributed by atoms with Crippen molar-refractivity contribution in [3.05, 3.63) is 11.8 Å². The largest absolute Gasteiger partial charge is 0.405 e. The van der Waals surface area contributed by atoms with Crippen LogP contribution >= 0.6 is 0 Å². The number of nitrogens with two attached hydrogens (primary N) is 1. The zero-order valence-electron chi connectivity index (χ0n) is 7.87. The van der Waals surface area contributed by atoms with Crippen molar-refractivity contribution in [1.82, 2.24) is 0 Å². The van der Waals surface area contributed by atoms with Crippen LogP contribution in [0.15, 0.2) is 11.8 Å². The lowest BCUT2D eigenvalue weighted by Crippen LogP contribution is -2.16. The second kappa shape index (κ2) is 5.02. The molecule has 1 fully saturated rings.